The zero-order chi connectivity index (χ0) is 17.2. The first-order valence-electron chi connectivity index (χ1n) is 8.51. The van der Waals surface area contributed by atoms with Crippen LogP contribution in [-0.2, 0) is 6.54 Å². The molecule has 1 aliphatic carbocycles. The lowest BCUT2D eigenvalue weighted by Gasteiger charge is -2.05. The number of nitrogens with zero attached hydrogens (tertiary/aromatic N) is 4. The Morgan fingerprint density at radius 1 is 1.28 bits per heavy atom. The fraction of sp³-hybridized carbons (Fsp3) is 0.263. The number of pyridine rings is 2. The highest BCUT2D eigenvalue weighted by Gasteiger charge is 2.28. The van der Waals surface area contributed by atoms with Crippen LogP contribution in [0.2, 0.25) is 0 Å². The first-order chi connectivity index (χ1) is 12.2. The number of rotatable bonds is 5. The van der Waals surface area contributed by atoms with E-state index in [1.54, 1.807) is 18.5 Å². The standard InChI is InChI=1S/C19H19N5O/c1-2-24-17(13-8-9-13)11-16(23-24)19(25)22-18-7-3-6-15(21-18)14-5-4-10-20-12-14/h3-7,10-13H,2,8-9H2,1H3,(H,21,22,25). The van der Waals surface area contributed by atoms with Crippen LogP contribution in [0.5, 0.6) is 0 Å². The monoisotopic (exact) mass is 333 g/mol. The molecule has 25 heavy (non-hydrogen) atoms. The molecule has 0 bridgehead atoms. The maximum Gasteiger partial charge on any atom is 0.277 e. The Balaban J connectivity index is 1.55. The first-order valence-corrected chi connectivity index (χ1v) is 8.51. The van der Waals surface area contributed by atoms with Crippen LogP contribution in [0, 0.1) is 0 Å². The lowest BCUT2D eigenvalue weighted by Crippen LogP contribution is -2.14. The third-order valence-electron chi connectivity index (χ3n) is 4.29. The van der Waals surface area contributed by atoms with Crippen LogP contribution in [0.4, 0.5) is 5.82 Å². The number of carbonyl (C=O) groups excluding carboxylic acids is 1. The van der Waals surface area contributed by atoms with Crippen molar-refractivity contribution in [2.45, 2.75) is 32.2 Å². The van der Waals surface area contributed by atoms with E-state index in [9.17, 15) is 4.79 Å². The van der Waals surface area contributed by atoms with Gasteiger partial charge in [-0.1, -0.05) is 6.07 Å². The van der Waals surface area contributed by atoms with E-state index < -0.39 is 0 Å². The average Bonchev–Trinajstić information content (AvgIpc) is 3.41. The second-order valence-corrected chi connectivity index (χ2v) is 6.15. The normalized spacial score (nSPS) is 13.6. The number of amides is 1. The molecule has 3 heterocycles. The van der Waals surface area contributed by atoms with Gasteiger partial charge in [0.05, 0.1) is 5.69 Å². The number of hydrogen-bond acceptors (Lipinski definition) is 4. The predicted molar refractivity (Wildman–Crippen MR) is 95.3 cm³/mol. The van der Waals surface area contributed by atoms with Gasteiger partial charge in [-0.25, -0.2) is 4.98 Å². The van der Waals surface area contributed by atoms with Gasteiger partial charge >= 0.3 is 0 Å². The van der Waals surface area contributed by atoms with E-state index in [0.717, 1.165) is 23.5 Å². The van der Waals surface area contributed by atoms with Crippen molar-refractivity contribution in [3.8, 4) is 11.3 Å². The molecule has 126 valence electrons. The molecule has 4 rings (SSSR count). The highest BCUT2D eigenvalue weighted by Crippen LogP contribution is 2.40. The van der Waals surface area contributed by atoms with E-state index in [-0.39, 0.29) is 5.91 Å². The third-order valence-corrected chi connectivity index (χ3v) is 4.29. The van der Waals surface area contributed by atoms with Gasteiger partial charge in [0.25, 0.3) is 5.91 Å². The summed E-state index contributed by atoms with van der Waals surface area (Å²) in [4.78, 5) is 21.1. The molecule has 1 N–H and O–H groups in total. The van der Waals surface area contributed by atoms with E-state index in [1.165, 1.54) is 12.8 Å². The molecule has 0 atom stereocenters. The highest BCUT2D eigenvalue weighted by atomic mass is 16.2. The molecular formula is C19H19N5O. The van der Waals surface area contributed by atoms with Crippen molar-refractivity contribution in [1.82, 2.24) is 19.7 Å². The first kappa shape index (κ1) is 15.5. The van der Waals surface area contributed by atoms with E-state index >= 15 is 0 Å². The fourth-order valence-corrected chi connectivity index (χ4v) is 2.86. The summed E-state index contributed by atoms with van der Waals surface area (Å²) in [5, 5.41) is 7.28. The zero-order valence-corrected chi connectivity index (χ0v) is 14.0. The van der Waals surface area contributed by atoms with Crippen molar-refractivity contribution in [3.05, 3.63) is 60.2 Å². The van der Waals surface area contributed by atoms with Crippen molar-refractivity contribution in [2.75, 3.05) is 5.32 Å². The molecule has 6 heteroatoms. The van der Waals surface area contributed by atoms with E-state index in [1.807, 2.05) is 41.9 Å². The SMILES string of the molecule is CCn1nc(C(=O)Nc2cccc(-c3cccnc3)n2)cc1C1CC1. The molecule has 0 spiro atoms. The number of aryl methyl sites for hydroxylation is 1. The van der Waals surface area contributed by atoms with Crippen LogP contribution in [-0.4, -0.2) is 25.7 Å². The zero-order valence-electron chi connectivity index (χ0n) is 14.0. The van der Waals surface area contributed by atoms with Crippen LogP contribution < -0.4 is 5.32 Å². The molecule has 0 aliphatic heterocycles. The molecule has 3 aromatic rings. The van der Waals surface area contributed by atoms with Crippen LogP contribution in [0.3, 0.4) is 0 Å². The number of nitrogens with one attached hydrogen (secondary N) is 1. The minimum Gasteiger partial charge on any atom is -0.305 e. The second-order valence-electron chi connectivity index (χ2n) is 6.15. The Morgan fingerprint density at radius 3 is 2.88 bits per heavy atom. The Bertz CT molecular complexity index is 899. The molecule has 0 saturated heterocycles. The van der Waals surface area contributed by atoms with E-state index in [2.05, 4.69) is 20.4 Å². The Kier molecular flexibility index (Phi) is 4.01. The Labute approximate surface area is 145 Å². The van der Waals surface area contributed by atoms with Gasteiger partial charge in [-0.15, -0.1) is 0 Å². The van der Waals surface area contributed by atoms with Crippen LogP contribution in [0.25, 0.3) is 11.3 Å². The van der Waals surface area contributed by atoms with Crippen LogP contribution in [0.1, 0.15) is 41.9 Å². The minimum absolute atomic E-state index is 0.232. The maximum atomic E-state index is 12.5. The number of carbonyl (C=O) groups is 1. The summed E-state index contributed by atoms with van der Waals surface area (Å²) >= 11 is 0. The smallest absolute Gasteiger partial charge is 0.277 e. The van der Waals surface area contributed by atoms with E-state index in [0.29, 0.717) is 17.4 Å². The third kappa shape index (κ3) is 3.28. The molecule has 0 unspecified atom stereocenters. The van der Waals surface area contributed by atoms with Gasteiger partial charge in [0.2, 0.25) is 0 Å². The van der Waals surface area contributed by atoms with E-state index in [4.69, 9.17) is 0 Å². The van der Waals surface area contributed by atoms with Crippen molar-refractivity contribution in [3.63, 3.8) is 0 Å². The van der Waals surface area contributed by atoms with Gasteiger partial charge in [-0.3, -0.25) is 14.5 Å². The fourth-order valence-electron chi connectivity index (χ4n) is 2.86. The Hall–Kier alpha value is -3.02. The number of hydrogen-bond donors (Lipinski definition) is 1. The average molecular weight is 333 g/mol. The summed E-state index contributed by atoms with van der Waals surface area (Å²) in [6.45, 7) is 2.81. The van der Waals surface area contributed by atoms with Gasteiger partial charge in [0, 0.05) is 36.1 Å². The van der Waals surface area contributed by atoms with Crippen molar-refractivity contribution in [1.29, 1.82) is 0 Å². The summed E-state index contributed by atoms with van der Waals surface area (Å²) in [5.41, 5.74) is 3.27. The molecule has 0 radical (unpaired) electrons. The predicted octanol–water partition coefficient (Wildman–Crippen LogP) is 3.49. The summed E-state index contributed by atoms with van der Waals surface area (Å²) < 4.78 is 1.92. The van der Waals surface area contributed by atoms with Gasteiger partial charge in [-0.2, -0.15) is 5.10 Å². The molecule has 1 aliphatic rings. The molecule has 1 amide bonds. The van der Waals surface area contributed by atoms with Crippen molar-refractivity contribution in [2.24, 2.45) is 0 Å². The summed E-state index contributed by atoms with van der Waals surface area (Å²) in [7, 11) is 0. The summed E-state index contributed by atoms with van der Waals surface area (Å²) in [5.74, 6) is 0.830. The highest BCUT2D eigenvalue weighted by molar-refractivity contribution is 6.02. The number of anilines is 1. The van der Waals surface area contributed by atoms with Crippen molar-refractivity contribution < 1.29 is 4.79 Å². The van der Waals surface area contributed by atoms with Crippen LogP contribution >= 0.6 is 0 Å². The summed E-state index contributed by atoms with van der Waals surface area (Å²) in [6.07, 6.45) is 5.83. The lowest BCUT2D eigenvalue weighted by molar-refractivity contribution is 0.102. The molecule has 6 nitrogen and oxygen atoms in total. The van der Waals surface area contributed by atoms with Gasteiger partial charge in [0.15, 0.2) is 5.69 Å². The molecule has 0 aromatic carbocycles. The largest absolute Gasteiger partial charge is 0.305 e. The molecule has 1 saturated carbocycles. The van der Waals surface area contributed by atoms with Crippen molar-refractivity contribution >= 4 is 11.7 Å². The van der Waals surface area contributed by atoms with Gasteiger partial charge in [-0.05, 0) is 50.1 Å². The minimum atomic E-state index is -0.232. The molecule has 3 aromatic heterocycles. The summed E-state index contributed by atoms with van der Waals surface area (Å²) in [6, 6.07) is 11.2. The second kappa shape index (κ2) is 6.47. The topological polar surface area (TPSA) is 72.7 Å². The molecule has 1 fully saturated rings. The van der Waals surface area contributed by atoms with Crippen LogP contribution in [0.15, 0.2) is 48.8 Å². The lowest BCUT2D eigenvalue weighted by atomic mass is 10.2. The van der Waals surface area contributed by atoms with Gasteiger partial charge < -0.3 is 5.32 Å². The van der Waals surface area contributed by atoms with Gasteiger partial charge in [0.1, 0.15) is 5.82 Å². The Morgan fingerprint density at radius 2 is 2.16 bits per heavy atom. The maximum absolute atomic E-state index is 12.5. The quantitative estimate of drug-likeness (QED) is 0.776. The molecular weight excluding hydrogens is 314 g/mol. The number of aromatic nitrogens is 4.